The first-order chi connectivity index (χ1) is 9.02. The maximum absolute atomic E-state index is 12.4. The molecule has 1 N–H and O–H groups in total. The summed E-state index contributed by atoms with van der Waals surface area (Å²) in [5, 5.41) is 9.65. The molecule has 0 bridgehead atoms. The molecule has 1 aliphatic heterocycles. The summed E-state index contributed by atoms with van der Waals surface area (Å²) in [6, 6.07) is 2.52. The first-order valence-electron chi connectivity index (χ1n) is 6.02. The number of nitrogens with zero attached hydrogens (tertiary/aromatic N) is 2. The van der Waals surface area contributed by atoms with Gasteiger partial charge in [-0.1, -0.05) is 0 Å². The Labute approximate surface area is 111 Å². The van der Waals surface area contributed by atoms with Crippen molar-refractivity contribution in [3.05, 3.63) is 29.6 Å². The third-order valence-corrected chi connectivity index (χ3v) is 3.16. The van der Waals surface area contributed by atoms with E-state index in [0.29, 0.717) is 5.56 Å². The van der Waals surface area contributed by atoms with Crippen molar-refractivity contribution in [2.75, 3.05) is 13.7 Å². The highest BCUT2D eigenvalue weighted by Crippen LogP contribution is 2.21. The van der Waals surface area contributed by atoms with Gasteiger partial charge in [0.1, 0.15) is 6.04 Å². The minimum Gasteiger partial charge on any atom is -0.467 e. The van der Waals surface area contributed by atoms with Gasteiger partial charge < -0.3 is 14.7 Å². The van der Waals surface area contributed by atoms with Gasteiger partial charge in [-0.25, -0.2) is 4.79 Å². The zero-order chi connectivity index (χ0) is 14.0. The molecule has 2 atom stereocenters. The number of hydrogen-bond acceptors (Lipinski definition) is 5. The largest absolute Gasteiger partial charge is 0.467 e. The molecule has 2 rings (SSSR count). The molecular weight excluding hydrogens is 248 g/mol. The molecule has 0 spiro atoms. The number of carbonyl (C=O) groups is 2. The van der Waals surface area contributed by atoms with Crippen LogP contribution in [-0.2, 0) is 9.53 Å². The summed E-state index contributed by atoms with van der Waals surface area (Å²) >= 11 is 0. The third-order valence-electron chi connectivity index (χ3n) is 3.16. The Morgan fingerprint density at radius 3 is 2.89 bits per heavy atom. The topological polar surface area (TPSA) is 79.7 Å². The van der Waals surface area contributed by atoms with Crippen molar-refractivity contribution < 1.29 is 19.4 Å². The van der Waals surface area contributed by atoms with Gasteiger partial charge >= 0.3 is 5.97 Å². The molecule has 1 amide bonds. The molecule has 2 unspecified atom stereocenters. The first kappa shape index (κ1) is 13.5. The fourth-order valence-electron chi connectivity index (χ4n) is 2.24. The van der Waals surface area contributed by atoms with Crippen molar-refractivity contribution >= 4 is 11.9 Å². The van der Waals surface area contributed by atoms with E-state index in [1.807, 2.05) is 0 Å². The number of aryl methyl sites for hydroxylation is 1. The van der Waals surface area contributed by atoms with Crippen LogP contribution in [0.3, 0.4) is 0 Å². The molecule has 6 nitrogen and oxygen atoms in total. The molecular formula is C13H16N2O4. The zero-order valence-electron chi connectivity index (χ0n) is 10.9. The quantitative estimate of drug-likeness (QED) is 0.768. The summed E-state index contributed by atoms with van der Waals surface area (Å²) in [7, 11) is 1.27. The van der Waals surface area contributed by atoms with E-state index in [-0.39, 0.29) is 18.9 Å². The lowest BCUT2D eigenvalue weighted by molar-refractivity contribution is -0.145. The van der Waals surface area contributed by atoms with E-state index in [1.165, 1.54) is 12.0 Å². The Hall–Kier alpha value is -1.95. The lowest BCUT2D eigenvalue weighted by atomic mass is 10.1. The van der Waals surface area contributed by atoms with Crippen molar-refractivity contribution in [2.24, 2.45) is 0 Å². The number of aliphatic hydroxyl groups excluding tert-OH is 1. The van der Waals surface area contributed by atoms with E-state index in [4.69, 9.17) is 0 Å². The van der Waals surface area contributed by atoms with Crippen LogP contribution in [0.15, 0.2) is 18.3 Å². The number of methoxy groups -OCH3 is 1. The summed E-state index contributed by atoms with van der Waals surface area (Å²) in [6.45, 7) is 1.92. The van der Waals surface area contributed by atoms with Crippen LogP contribution in [0.5, 0.6) is 0 Å². The number of hydrogen-bond donors (Lipinski definition) is 1. The van der Waals surface area contributed by atoms with Crippen molar-refractivity contribution in [1.82, 2.24) is 9.88 Å². The highest BCUT2D eigenvalue weighted by atomic mass is 16.5. The van der Waals surface area contributed by atoms with Crippen LogP contribution in [0.4, 0.5) is 0 Å². The fourth-order valence-corrected chi connectivity index (χ4v) is 2.24. The van der Waals surface area contributed by atoms with Crippen LogP contribution in [0.1, 0.15) is 22.5 Å². The van der Waals surface area contributed by atoms with Gasteiger partial charge in [-0.15, -0.1) is 0 Å². The molecule has 1 fully saturated rings. The average Bonchev–Trinajstić information content (AvgIpc) is 2.79. The molecule has 1 aliphatic rings. The molecule has 2 heterocycles. The minimum atomic E-state index is -0.721. The second-order valence-electron chi connectivity index (χ2n) is 4.57. The maximum atomic E-state index is 12.4. The fraction of sp³-hybridized carbons (Fsp3) is 0.462. The normalized spacial score (nSPS) is 22.4. The Bertz CT molecular complexity index is 503. The number of esters is 1. The Balaban J connectivity index is 2.24. The SMILES string of the molecule is COC(=O)C1CC(O)CN1C(=O)c1ccnc(C)c1. The molecule has 102 valence electrons. The number of ether oxygens (including phenoxy) is 1. The Morgan fingerprint density at radius 1 is 1.53 bits per heavy atom. The molecule has 6 heteroatoms. The number of carbonyl (C=O) groups excluding carboxylic acids is 2. The van der Waals surface area contributed by atoms with Crippen LogP contribution >= 0.6 is 0 Å². The van der Waals surface area contributed by atoms with E-state index in [9.17, 15) is 14.7 Å². The van der Waals surface area contributed by atoms with E-state index in [1.54, 1.807) is 25.3 Å². The second-order valence-corrected chi connectivity index (χ2v) is 4.57. The third kappa shape index (κ3) is 2.73. The van der Waals surface area contributed by atoms with Crippen molar-refractivity contribution in [2.45, 2.75) is 25.5 Å². The van der Waals surface area contributed by atoms with Crippen molar-refractivity contribution in [1.29, 1.82) is 0 Å². The summed E-state index contributed by atoms with van der Waals surface area (Å²) in [5.74, 6) is -0.798. The lowest BCUT2D eigenvalue weighted by Gasteiger charge is -2.22. The van der Waals surface area contributed by atoms with Crippen LogP contribution in [-0.4, -0.2) is 52.7 Å². The molecule has 1 aromatic heterocycles. The zero-order valence-corrected chi connectivity index (χ0v) is 10.9. The molecule has 1 saturated heterocycles. The first-order valence-corrected chi connectivity index (χ1v) is 6.02. The number of pyridine rings is 1. The predicted molar refractivity (Wildman–Crippen MR) is 66.4 cm³/mol. The summed E-state index contributed by atoms with van der Waals surface area (Å²) in [6.07, 6.45) is 1.06. The second kappa shape index (κ2) is 5.36. The number of β-amino-alcohol motifs (C(OH)–C–C–N with tert-alkyl or cyclic N) is 1. The molecule has 0 radical (unpaired) electrons. The number of amides is 1. The molecule has 19 heavy (non-hydrogen) atoms. The summed E-state index contributed by atoms with van der Waals surface area (Å²) in [5.41, 5.74) is 1.18. The number of aromatic nitrogens is 1. The van der Waals surface area contributed by atoms with E-state index in [0.717, 1.165) is 5.69 Å². The number of aliphatic hydroxyl groups is 1. The van der Waals surface area contributed by atoms with E-state index < -0.39 is 18.1 Å². The monoisotopic (exact) mass is 264 g/mol. The van der Waals surface area contributed by atoms with Gasteiger partial charge in [0.2, 0.25) is 0 Å². The standard InChI is InChI=1S/C13H16N2O4/c1-8-5-9(3-4-14-8)12(17)15-7-10(16)6-11(15)13(18)19-2/h3-5,10-11,16H,6-7H2,1-2H3. The van der Waals surface area contributed by atoms with Gasteiger partial charge in [-0.2, -0.15) is 0 Å². The van der Waals surface area contributed by atoms with Gasteiger partial charge in [-0.05, 0) is 19.1 Å². The van der Waals surface area contributed by atoms with Crippen LogP contribution < -0.4 is 0 Å². The van der Waals surface area contributed by atoms with Crippen molar-refractivity contribution in [3.63, 3.8) is 0 Å². The van der Waals surface area contributed by atoms with E-state index in [2.05, 4.69) is 9.72 Å². The number of likely N-dealkylation sites (tertiary alicyclic amines) is 1. The lowest BCUT2D eigenvalue weighted by Crippen LogP contribution is -2.41. The smallest absolute Gasteiger partial charge is 0.328 e. The van der Waals surface area contributed by atoms with Gasteiger partial charge in [0.05, 0.1) is 13.2 Å². The van der Waals surface area contributed by atoms with Crippen LogP contribution in [0.2, 0.25) is 0 Å². The molecule has 0 aliphatic carbocycles. The maximum Gasteiger partial charge on any atom is 0.328 e. The van der Waals surface area contributed by atoms with Crippen LogP contribution in [0, 0.1) is 6.92 Å². The molecule has 1 aromatic rings. The van der Waals surface area contributed by atoms with Crippen LogP contribution in [0.25, 0.3) is 0 Å². The van der Waals surface area contributed by atoms with E-state index >= 15 is 0 Å². The van der Waals surface area contributed by atoms with Gasteiger partial charge in [-0.3, -0.25) is 9.78 Å². The molecule has 0 aromatic carbocycles. The highest BCUT2D eigenvalue weighted by molar-refractivity contribution is 5.97. The predicted octanol–water partition coefficient (Wildman–Crippen LogP) is 0.138. The summed E-state index contributed by atoms with van der Waals surface area (Å²) in [4.78, 5) is 29.4. The summed E-state index contributed by atoms with van der Waals surface area (Å²) < 4.78 is 4.67. The van der Waals surface area contributed by atoms with Gasteiger partial charge in [0.25, 0.3) is 5.91 Å². The Kier molecular flexibility index (Phi) is 3.80. The average molecular weight is 264 g/mol. The highest BCUT2D eigenvalue weighted by Gasteiger charge is 2.39. The number of rotatable bonds is 2. The minimum absolute atomic E-state index is 0.139. The molecule has 0 saturated carbocycles. The van der Waals surface area contributed by atoms with Crippen molar-refractivity contribution in [3.8, 4) is 0 Å². The van der Waals surface area contributed by atoms with Gasteiger partial charge in [0, 0.05) is 30.4 Å². The Morgan fingerprint density at radius 2 is 2.26 bits per heavy atom. The van der Waals surface area contributed by atoms with Gasteiger partial charge in [0.15, 0.2) is 0 Å².